The third kappa shape index (κ3) is 5.63. The van der Waals surface area contributed by atoms with Crippen LogP contribution in [0.25, 0.3) is 11.1 Å². The number of hydrogen-bond acceptors (Lipinski definition) is 0. The van der Waals surface area contributed by atoms with Crippen LogP contribution < -0.4 is 0 Å². The van der Waals surface area contributed by atoms with Crippen LogP contribution in [0.2, 0.25) is 6.04 Å². The minimum atomic E-state index is 0.973. The van der Waals surface area contributed by atoms with E-state index in [1.807, 2.05) is 0 Å². The van der Waals surface area contributed by atoms with E-state index in [1.54, 1.807) is 31.7 Å². The van der Waals surface area contributed by atoms with E-state index in [4.69, 9.17) is 0 Å². The Balaban J connectivity index is 1.21. The Hall–Kier alpha value is -1.34. The quantitative estimate of drug-likeness (QED) is 0.455. The van der Waals surface area contributed by atoms with Gasteiger partial charge in [-0.15, -0.1) is 0 Å². The molecule has 2 saturated carbocycles. The van der Waals surface area contributed by atoms with Crippen molar-refractivity contribution in [3.63, 3.8) is 0 Å². The van der Waals surface area contributed by atoms with Crippen LogP contribution in [0.5, 0.6) is 0 Å². The van der Waals surface area contributed by atoms with Gasteiger partial charge in [0.2, 0.25) is 0 Å². The molecule has 2 aromatic carbocycles. The molecule has 156 valence electrons. The highest BCUT2D eigenvalue weighted by atomic mass is 28.1. The van der Waals surface area contributed by atoms with Crippen molar-refractivity contribution in [2.45, 2.75) is 77.2 Å². The minimum absolute atomic E-state index is 0.973. The van der Waals surface area contributed by atoms with Gasteiger partial charge in [-0.05, 0) is 85.8 Å². The molecule has 2 aromatic rings. The molecule has 2 aliphatic rings. The van der Waals surface area contributed by atoms with Crippen molar-refractivity contribution in [1.82, 2.24) is 0 Å². The zero-order chi connectivity index (χ0) is 20.1. The van der Waals surface area contributed by atoms with Crippen molar-refractivity contribution in [1.29, 1.82) is 0 Å². The van der Waals surface area contributed by atoms with Gasteiger partial charge in [0.05, 0.1) is 0 Å². The highest BCUT2D eigenvalue weighted by Crippen LogP contribution is 2.42. The summed E-state index contributed by atoms with van der Waals surface area (Å²) in [7, 11) is 1.41. The van der Waals surface area contributed by atoms with Gasteiger partial charge in [-0.1, -0.05) is 85.8 Å². The number of benzene rings is 2. The molecule has 0 amide bonds. The lowest BCUT2D eigenvalue weighted by Gasteiger charge is -2.37. The zero-order valence-electron chi connectivity index (χ0n) is 18.7. The molecule has 2 fully saturated rings. The monoisotopic (exact) mass is 404 g/mol. The van der Waals surface area contributed by atoms with Crippen molar-refractivity contribution in [3.05, 3.63) is 59.7 Å². The summed E-state index contributed by atoms with van der Waals surface area (Å²) in [5, 5.41) is 0. The summed E-state index contributed by atoms with van der Waals surface area (Å²) in [4.78, 5) is 0. The van der Waals surface area contributed by atoms with E-state index in [0.29, 0.717) is 0 Å². The highest BCUT2D eigenvalue weighted by Gasteiger charge is 2.30. The lowest BCUT2D eigenvalue weighted by atomic mass is 9.69. The SMILES string of the molecule is Cc1ccc(-c2ccc(CCC3CCC(C4CCC(C[SiH3])CC4)CC3)cc2)cc1. The van der Waals surface area contributed by atoms with Gasteiger partial charge in [0.1, 0.15) is 0 Å². The lowest BCUT2D eigenvalue weighted by Crippen LogP contribution is -2.26. The maximum Gasteiger partial charge on any atom is 0.00314 e. The molecule has 0 saturated heterocycles. The Bertz CT molecular complexity index is 729. The van der Waals surface area contributed by atoms with Crippen molar-refractivity contribution >= 4 is 10.2 Å². The van der Waals surface area contributed by atoms with Gasteiger partial charge < -0.3 is 0 Å². The van der Waals surface area contributed by atoms with Gasteiger partial charge in [0, 0.05) is 10.2 Å². The third-order valence-corrected chi connectivity index (χ3v) is 9.36. The maximum atomic E-state index is 2.36. The molecule has 0 aliphatic heterocycles. The summed E-state index contributed by atoms with van der Waals surface area (Å²) in [6.45, 7) is 2.15. The molecule has 2 aliphatic carbocycles. The van der Waals surface area contributed by atoms with Crippen LogP contribution in [0, 0.1) is 30.6 Å². The van der Waals surface area contributed by atoms with Gasteiger partial charge in [-0.3, -0.25) is 0 Å². The maximum absolute atomic E-state index is 2.36. The summed E-state index contributed by atoms with van der Waals surface area (Å²) in [5.41, 5.74) is 5.52. The first-order valence-electron chi connectivity index (χ1n) is 12.4. The van der Waals surface area contributed by atoms with Gasteiger partial charge in [-0.25, -0.2) is 0 Å². The van der Waals surface area contributed by atoms with Gasteiger partial charge in [0.15, 0.2) is 0 Å². The van der Waals surface area contributed by atoms with Gasteiger partial charge >= 0.3 is 0 Å². The largest absolute Gasteiger partial charge is 0.0631 e. The lowest BCUT2D eigenvalue weighted by molar-refractivity contribution is 0.148. The molecule has 0 spiro atoms. The molecule has 0 unspecified atom stereocenters. The van der Waals surface area contributed by atoms with Crippen molar-refractivity contribution in [3.8, 4) is 11.1 Å². The number of hydrogen-bond donors (Lipinski definition) is 0. The summed E-state index contributed by atoms with van der Waals surface area (Å²) in [6, 6.07) is 19.8. The summed E-state index contributed by atoms with van der Waals surface area (Å²) in [5.74, 6) is 4.22. The van der Waals surface area contributed by atoms with E-state index in [-0.39, 0.29) is 0 Å². The van der Waals surface area contributed by atoms with Crippen LogP contribution in [0.1, 0.15) is 68.9 Å². The van der Waals surface area contributed by atoms with E-state index >= 15 is 0 Å². The van der Waals surface area contributed by atoms with Crippen molar-refractivity contribution in [2.75, 3.05) is 0 Å². The third-order valence-electron chi connectivity index (χ3n) is 8.21. The molecule has 0 N–H and O–H groups in total. The fourth-order valence-corrected chi connectivity index (χ4v) is 6.81. The molecule has 0 atom stereocenters. The van der Waals surface area contributed by atoms with E-state index < -0.39 is 0 Å². The fourth-order valence-electron chi connectivity index (χ4n) is 6.00. The Morgan fingerprint density at radius 2 is 1.14 bits per heavy atom. The Morgan fingerprint density at radius 1 is 0.655 bits per heavy atom. The van der Waals surface area contributed by atoms with Crippen LogP contribution in [-0.4, -0.2) is 10.2 Å². The number of aryl methyl sites for hydroxylation is 2. The minimum Gasteiger partial charge on any atom is -0.0631 e. The fraction of sp³-hybridized carbons (Fsp3) is 0.571. The van der Waals surface area contributed by atoms with Crippen LogP contribution in [0.4, 0.5) is 0 Å². The summed E-state index contributed by atoms with van der Waals surface area (Å²) >= 11 is 0. The predicted molar refractivity (Wildman–Crippen MR) is 131 cm³/mol. The van der Waals surface area contributed by atoms with Crippen LogP contribution in [0.15, 0.2) is 48.5 Å². The van der Waals surface area contributed by atoms with Crippen molar-refractivity contribution in [2.24, 2.45) is 23.7 Å². The first-order chi connectivity index (χ1) is 14.2. The molecule has 0 radical (unpaired) electrons. The molecule has 0 heterocycles. The topological polar surface area (TPSA) is 0 Å². The second kappa shape index (κ2) is 10.1. The average molecular weight is 405 g/mol. The Kier molecular flexibility index (Phi) is 7.29. The Labute approximate surface area is 181 Å². The second-order valence-corrected chi connectivity index (χ2v) is 10.9. The average Bonchev–Trinajstić information content (AvgIpc) is 2.79. The van der Waals surface area contributed by atoms with E-state index in [9.17, 15) is 0 Å². The molecular formula is C28H40Si. The van der Waals surface area contributed by atoms with Gasteiger partial charge in [-0.2, -0.15) is 0 Å². The normalized spacial score (nSPS) is 27.8. The molecule has 0 bridgehead atoms. The van der Waals surface area contributed by atoms with Crippen LogP contribution in [-0.2, 0) is 6.42 Å². The molecule has 29 heavy (non-hydrogen) atoms. The highest BCUT2D eigenvalue weighted by molar-refractivity contribution is 6.08. The predicted octanol–water partition coefficient (Wildman–Crippen LogP) is 6.99. The first kappa shape index (κ1) is 20.9. The first-order valence-corrected chi connectivity index (χ1v) is 13.8. The summed E-state index contributed by atoms with van der Waals surface area (Å²) in [6.07, 6.45) is 14.9. The molecular weight excluding hydrogens is 364 g/mol. The zero-order valence-corrected chi connectivity index (χ0v) is 20.7. The second-order valence-electron chi connectivity index (χ2n) is 10.1. The molecule has 1 heteroatoms. The van der Waals surface area contributed by atoms with E-state index in [1.165, 1.54) is 71.0 Å². The molecule has 0 nitrogen and oxygen atoms in total. The van der Waals surface area contributed by atoms with Gasteiger partial charge in [0.25, 0.3) is 0 Å². The Morgan fingerprint density at radius 3 is 1.66 bits per heavy atom. The standard InChI is InChI=1S/C28H40Si/c1-21-2-12-25(13-3-21)26-14-6-22(7-15-26)4-5-23-8-16-27(17-9-23)28-18-10-24(20-29)11-19-28/h2-3,6-7,12-15,23-24,27-28H,4-5,8-11,16-20H2,1,29H3. The smallest absolute Gasteiger partial charge is 0.00314 e. The van der Waals surface area contributed by atoms with Crippen LogP contribution >= 0.6 is 0 Å². The number of rotatable bonds is 6. The molecule has 0 aromatic heterocycles. The summed E-state index contributed by atoms with van der Waals surface area (Å²) < 4.78 is 0. The van der Waals surface area contributed by atoms with Crippen molar-refractivity contribution < 1.29 is 0 Å². The van der Waals surface area contributed by atoms with E-state index in [2.05, 4.69) is 55.5 Å². The van der Waals surface area contributed by atoms with E-state index in [0.717, 1.165) is 23.7 Å². The van der Waals surface area contributed by atoms with Crippen LogP contribution in [0.3, 0.4) is 0 Å². The molecule has 4 rings (SSSR count).